The molecule has 0 aliphatic rings. The fourth-order valence-electron chi connectivity index (χ4n) is 1.89. The van der Waals surface area contributed by atoms with Crippen LogP contribution in [0.25, 0.3) is 0 Å². The normalized spacial score (nSPS) is 11.8. The van der Waals surface area contributed by atoms with Crippen LogP contribution in [0.15, 0.2) is 23.1 Å². The van der Waals surface area contributed by atoms with Gasteiger partial charge < -0.3 is 11.1 Å². The fourth-order valence-corrected chi connectivity index (χ4v) is 2.65. The highest BCUT2D eigenvalue weighted by atomic mass is 32.2. The molecule has 0 radical (unpaired) electrons. The first-order valence-electron chi connectivity index (χ1n) is 6.93. The molecule has 0 aliphatic carbocycles. The van der Waals surface area contributed by atoms with Crippen LogP contribution >= 0.6 is 0 Å². The molecule has 5 nitrogen and oxygen atoms in total. The van der Waals surface area contributed by atoms with Crippen LogP contribution in [0, 0.1) is 5.92 Å². The predicted molar refractivity (Wildman–Crippen MR) is 84.3 cm³/mol. The van der Waals surface area contributed by atoms with Crippen LogP contribution in [0.3, 0.4) is 0 Å². The molecule has 1 rings (SSSR count). The highest BCUT2D eigenvalue weighted by Crippen LogP contribution is 2.22. The van der Waals surface area contributed by atoms with E-state index in [2.05, 4.69) is 23.9 Å². The van der Waals surface area contributed by atoms with Gasteiger partial charge in [0.15, 0.2) is 0 Å². The zero-order valence-electron chi connectivity index (χ0n) is 12.4. The molecule has 114 valence electrons. The van der Waals surface area contributed by atoms with Crippen LogP contribution in [0.2, 0.25) is 0 Å². The number of nitrogens with one attached hydrogen (secondary N) is 2. The van der Waals surface area contributed by atoms with Crippen LogP contribution < -0.4 is 15.8 Å². The summed E-state index contributed by atoms with van der Waals surface area (Å²) in [6, 6.07) is 4.74. The molecule has 0 spiro atoms. The molecule has 0 saturated carbocycles. The van der Waals surface area contributed by atoms with E-state index < -0.39 is 10.0 Å². The summed E-state index contributed by atoms with van der Waals surface area (Å²) in [6.07, 6.45) is 3.47. The van der Waals surface area contributed by atoms with Crippen LogP contribution in [-0.4, -0.2) is 22.0 Å². The Morgan fingerprint density at radius 2 is 1.95 bits per heavy atom. The summed E-state index contributed by atoms with van der Waals surface area (Å²) < 4.78 is 25.6. The Labute approximate surface area is 122 Å². The third-order valence-corrected chi connectivity index (χ3v) is 4.54. The maximum absolute atomic E-state index is 11.6. The molecule has 0 atom stereocenters. The van der Waals surface area contributed by atoms with E-state index in [1.165, 1.54) is 26.0 Å². The first kappa shape index (κ1) is 16.8. The van der Waals surface area contributed by atoms with Crippen molar-refractivity contribution in [3.05, 3.63) is 18.2 Å². The molecule has 0 saturated heterocycles. The first-order valence-corrected chi connectivity index (χ1v) is 8.42. The Kier molecular flexibility index (Phi) is 6.29. The Morgan fingerprint density at radius 1 is 1.25 bits per heavy atom. The molecule has 6 heteroatoms. The van der Waals surface area contributed by atoms with Crippen LogP contribution in [-0.2, 0) is 10.0 Å². The molecule has 1 aromatic carbocycles. The molecule has 20 heavy (non-hydrogen) atoms. The van der Waals surface area contributed by atoms with E-state index in [1.807, 2.05) is 0 Å². The van der Waals surface area contributed by atoms with Gasteiger partial charge in [0.05, 0.1) is 16.3 Å². The van der Waals surface area contributed by atoms with Crippen molar-refractivity contribution in [1.29, 1.82) is 0 Å². The molecule has 0 amide bonds. The number of unbranched alkanes of at least 4 members (excludes halogenated alkanes) is 1. The van der Waals surface area contributed by atoms with Crippen molar-refractivity contribution in [3.8, 4) is 0 Å². The highest BCUT2D eigenvalue weighted by Gasteiger charge is 2.12. The monoisotopic (exact) mass is 299 g/mol. The fraction of sp³-hybridized carbons (Fsp3) is 0.571. The number of anilines is 2. The van der Waals surface area contributed by atoms with Gasteiger partial charge in [-0.25, -0.2) is 13.1 Å². The zero-order valence-corrected chi connectivity index (χ0v) is 13.3. The number of nitrogens with two attached hydrogens (primary N) is 1. The van der Waals surface area contributed by atoms with Gasteiger partial charge in [-0.15, -0.1) is 0 Å². The van der Waals surface area contributed by atoms with Crippen LogP contribution in [0.5, 0.6) is 0 Å². The van der Waals surface area contributed by atoms with Gasteiger partial charge in [0.25, 0.3) is 0 Å². The van der Waals surface area contributed by atoms with E-state index in [9.17, 15) is 8.42 Å². The quantitative estimate of drug-likeness (QED) is 0.508. The smallest absolute Gasteiger partial charge is 0.240 e. The number of benzene rings is 1. The summed E-state index contributed by atoms with van der Waals surface area (Å²) >= 11 is 0. The van der Waals surface area contributed by atoms with E-state index >= 15 is 0 Å². The molecular formula is C14H25N3O2S. The van der Waals surface area contributed by atoms with Gasteiger partial charge in [-0.2, -0.15) is 0 Å². The molecular weight excluding hydrogens is 274 g/mol. The standard InChI is InChI=1S/C14H25N3O2S/c1-11(2)6-4-5-9-17-14-8-7-12(10-13(14)15)20(18,19)16-3/h7-8,10-11,16-17H,4-6,9,15H2,1-3H3. The third kappa shape index (κ3) is 5.02. The lowest BCUT2D eigenvalue weighted by atomic mass is 10.1. The molecule has 0 unspecified atom stereocenters. The Bertz CT molecular complexity index is 527. The van der Waals surface area contributed by atoms with Gasteiger partial charge in [0, 0.05) is 6.54 Å². The SMILES string of the molecule is CNS(=O)(=O)c1ccc(NCCCCC(C)C)c(N)c1. The van der Waals surface area contributed by atoms with Crippen molar-refractivity contribution in [3.63, 3.8) is 0 Å². The van der Waals surface area contributed by atoms with Gasteiger partial charge in [-0.3, -0.25) is 0 Å². The minimum Gasteiger partial charge on any atom is -0.397 e. The second-order valence-electron chi connectivity index (χ2n) is 5.27. The maximum Gasteiger partial charge on any atom is 0.240 e. The lowest BCUT2D eigenvalue weighted by Crippen LogP contribution is -2.18. The van der Waals surface area contributed by atoms with Crippen molar-refractivity contribution in [1.82, 2.24) is 4.72 Å². The lowest BCUT2D eigenvalue weighted by Gasteiger charge is -2.11. The van der Waals surface area contributed by atoms with E-state index in [4.69, 9.17) is 5.73 Å². The summed E-state index contributed by atoms with van der Waals surface area (Å²) in [4.78, 5) is 0.183. The summed E-state index contributed by atoms with van der Waals surface area (Å²) in [5.74, 6) is 0.728. The summed E-state index contributed by atoms with van der Waals surface area (Å²) in [5, 5.41) is 3.24. The van der Waals surface area contributed by atoms with Crippen molar-refractivity contribution in [2.45, 2.75) is 38.0 Å². The molecule has 0 bridgehead atoms. The Hall–Kier alpha value is -1.27. The van der Waals surface area contributed by atoms with Crippen molar-refractivity contribution >= 4 is 21.4 Å². The van der Waals surface area contributed by atoms with Crippen molar-refractivity contribution in [2.24, 2.45) is 5.92 Å². The number of sulfonamides is 1. The number of hydrogen-bond acceptors (Lipinski definition) is 4. The first-order chi connectivity index (χ1) is 9.36. The van der Waals surface area contributed by atoms with Gasteiger partial charge >= 0.3 is 0 Å². The largest absolute Gasteiger partial charge is 0.397 e. The Balaban J connectivity index is 2.57. The summed E-state index contributed by atoms with van der Waals surface area (Å²) in [6.45, 7) is 5.27. The number of nitrogen functional groups attached to an aromatic ring is 1. The van der Waals surface area contributed by atoms with E-state index in [-0.39, 0.29) is 4.90 Å². The van der Waals surface area contributed by atoms with Gasteiger partial charge in [0.2, 0.25) is 10.0 Å². The van der Waals surface area contributed by atoms with Crippen LogP contribution in [0.4, 0.5) is 11.4 Å². The highest BCUT2D eigenvalue weighted by molar-refractivity contribution is 7.89. The lowest BCUT2D eigenvalue weighted by molar-refractivity contribution is 0.545. The van der Waals surface area contributed by atoms with E-state index in [0.29, 0.717) is 5.69 Å². The van der Waals surface area contributed by atoms with Gasteiger partial charge in [-0.05, 0) is 37.6 Å². The third-order valence-electron chi connectivity index (χ3n) is 3.13. The van der Waals surface area contributed by atoms with Gasteiger partial charge in [-0.1, -0.05) is 26.7 Å². The minimum absolute atomic E-state index is 0.183. The number of hydrogen-bond donors (Lipinski definition) is 3. The average Bonchev–Trinajstić information content (AvgIpc) is 2.39. The van der Waals surface area contributed by atoms with Crippen LogP contribution in [0.1, 0.15) is 33.1 Å². The molecule has 0 heterocycles. The second-order valence-corrected chi connectivity index (χ2v) is 7.16. The molecule has 0 fully saturated rings. The predicted octanol–water partition coefficient (Wildman–Crippen LogP) is 2.42. The second kappa shape index (κ2) is 7.50. The maximum atomic E-state index is 11.6. The number of rotatable bonds is 8. The van der Waals surface area contributed by atoms with E-state index in [0.717, 1.165) is 24.6 Å². The molecule has 1 aromatic rings. The summed E-state index contributed by atoms with van der Waals surface area (Å²) in [5.41, 5.74) is 7.11. The molecule has 4 N–H and O–H groups in total. The van der Waals surface area contributed by atoms with Crippen molar-refractivity contribution < 1.29 is 8.42 Å². The zero-order chi connectivity index (χ0) is 15.2. The Morgan fingerprint density at radius 3 is 2.50 bits per heavy atom. The molecule has 0 aliphatic heterocycles. The average molecular weight is 299 g/mol. The minimum atomic E-state index is -3.43. The van der Waals surface area contributed by atoms with Crippen molar-refractivity contribution in [2.75, 3.05) is 24.6 Å². The molecule has 0 aromatic heterocycles. The topological polar surface area (TPSA) is 84.2 Å². The van der Waals surface area contributed by atoms with Gasteiger partial charge in [0.1, 0.15) is 0 Å². The van der Waals surface area contributed by atoms with E-state index in [1.54, 1.807) is 12.1 Å². The summed E-state index contributed by atoms with van der Waals surface area (Å²) in [7, 11) is -2.05.